The number of ether oxygens (including phenoxy) is 1. The highest BCUT2D eigenvalue weighted by Gasteiger charge is 2.13. The predicted octanol–water partition coefficient (Wildman–Crippen LogP) is 1.84. The second-order valence-electron chi connectivity index (χ2n) is 4.60. The third kappa shape index (κ3) is 5.12. The van der Waals surface area contributed by atoms with Gasteiger partial charge in [0.15, 0.2) is 0 Å². The van der Waals surface area contributed by atoms with Crippen LogP contribution in [0.3, 0.4) is 0 Å². The van der Waals surface area contributed by atoms with E-state index in [-0.39, 0.29) is 0 Å². The Morgan fingerprint density at radius 2 is 2.00 bits per heavy atom. The Hall–Kier alpha value is -1.20. The first-order valence-electron chi connectivity index (χ1n) is 7.00. The molecule has 0 aliphatic rings. The van der Waals surface area contributed by atoms with Gasteiger partial charge in [0.1, 0.15) is 0 Å². The first-order valence-corrected chi connectivity index (χ1v) is 7.00. The fourth-order valence-corrected chi connectivity index (χ4v) is 1.87. The van der Waals surface area contributed by atoms with E-state index in [1.54, 1.807) is 7.11 Å². The van der Waals surface area contributed by atoms with Crippen LogP contribution in [0.25, 0.3) is 0 Å². The van der Waals surface area contributed by atoms with Gasteiger partial charge in [0.05, 0.1) is 6.61 Å². The van der Waals surface area contributed by atoms with Crippen molar-refractivity contribution in [2.24, 2.45) is 0 Å². The second kappa shape index (κ2) is 8.82. The van der Waals surface area contributed by atoms with E-state index >= 15 is 0 Å². The fraction of sp³-hybridized carbons (Fsp3) is 0.714. The SMILES string of the molecule is CCC(C)N(CC)c1ncc(CNCCOC)cn1. The van der Waals surface area contributed by atoms with Gasteiger partial charge in [-0.2, -0.15) is 0 Å². The lowest BCUT2D eigenvalue weighted by atomic mass is 10.2. The monoisotopic (exact) mass is 266 g/mol. The number of nitrogens with zero attached hydrogens (tertiary/aromatic N) is 3. The molecule has 1 N–H and O–H groups in total. The molecule has 19 heavy (non-hydrogen) atoms. The van der Waals surface area contributed by atoms with Crippen molar-refractivity contribution in [3.05, 3.63) is 18.0 Å². The lowest BCUT2D eigenvalue weighted by Crippen LogP contribution is -2.33. The summed E-state index contributed by atoms with van der Waals surface area (Å²) in [6.07, 6.45) is 4.89. The minimum atomic E-state index is 0.468. The molecule has 1 unspecified atom stereocenters. The summed E-state index contributed by atoms with van der Waals surface area (Å²) in [4.78, 5) is 11.1. The predicted molar refractivity (Wildman–Crippen MR) is 78.4 cm³/mol. The minimum Gasteiger partial charge on any atom is -0.383 e. The number of nitrogens with one attached hydrogen (secondary N) is 1. The molecule has 0 fully saturated rings. The van der Waals surface area contributed by atoms with Crippen molar-refractivity contribution in [2.75, 3.05) is 31.7 Å². The van der Waals surface area contributed by atoms with Crippen molar-refractivity contribution in [2.45, 2.75) is 39.8 Å². The van der Waals surface area contributed by atoms with Crippen LogP contribution in [-0.2, 0) is 11.3 Å². The smallest absolute Gasteiger partial charge is 0.225 e. The van der Waals surface area contributed by atoms with Gasteiger partial charge in [-0.15, -0.1) is 0 Å². The average Bonchev–Trinajstić information content (AvgIpc) is 2.45. The number of anilines is 1. The fourth-order valence-electron chi connectivity index (χ4n) is 1.87. The summed E-state index contributed by atoms with van der Waals surface area (Å²) in [5, 5.41) is 3.28. The number of aromatic nitrogens is 2. The molecule has 0 aliphatic carbocycles. The van der Waals surface area contributed by atoms with Crippen molar-refractivity contribution < 1.29 is 4.74 Å². The molecule has 5 nitrogen and oxygen atoms in total. The summed E-state index contributed by atoms with van der Waals surface area (Å²) in [6, 6.07) is 0.468. The van der Waals surface area contributed by atoms with Crippen LogP contribution in [0.2, 0.25) is 0 Å². The van der Waals surface area contributed by atoms with Crippen molar-refractivity contribution in [1.29, 1.82) is 0 Å². The van der Waals surface area contributed by atoms with Crippen molar-refractivity contribution >= 4 is 5.95 Å². The highest BCUT2D eigenvalue weighted by atomic mass is 16.5. The molecule has 0 saturated heterocycles. The van der Waals surface area contributed by atoms with Crippen LogP contribution in [0, 0.1) is 0 Å². The Morgan fingerprint density at radius 1 is 1.32 bits per heavy atom. The topological polar surface area (TPSA) is 50.3 Å². The summed E-state index contributed by atoms with van der Waals surface area (Å²) in [5.41, 5.74) is 1.10. The molecule has 0 aromatic carbocycles. The summed E-state index contributed by atoms with van der Waals surface area (Å²) < 4.78 is 4.98. The van der Waals surface area contributed by atoms with Gasteiger partial charge in [-0.05, 0) is 20.3 Å². The van der Waals surface area contributed by atoms with E-state index < -0.39 is 0 Å². The van der Waals surface area contributed by atoms with E-state index in [0.717, 1.165) is 44.2 Å². The Bertz CT molecular complexity index is 342. The zero-order chi connectivity index (χ0) is 14.1. The average molecular weight is 266 g/mol. The van der Waals surface area contributed by atoms with Crippen LogP contribution in [0.1, 0.15) is 32.8 Å². The summed E-state index contributed by atoms with van der Waals surface area (Å²) >= 11 is 0. The molecule has 1 heterocycles. The van der Waals surface area contributed by atoms with Crippen LogP contribution < -0.4 is 10.2 Å². The molecule has 1 atom stereocenters. The van der Waals surface area contributed by atoms with Crippen molar-refractivity contribution in [3.8, 4) is 0 Å². The standard InChI is InChI=1S/C14H26N4O/c1-5-12(3)18(6-2)14-16-10-13(11-17-14)9-15-7-8-19-4/h10-12,15H,5-9H2,1-4H3. The third-order valence-corrected chi connectivity index (χ3v) is 3.22. The Labute approximate surface area is 116 Å². The second-order valence-corrected chi connectivity index (χ2v) is 4.60. The molecule has 1 aromatic heterocycles. The molecular weight excluding hydrogens is 240 g/mol. The minimum absolute atomic E-state index is 0.468. The molecule has 1 aromatic rings. The van der Waals surface area contributed by atoms with Gasteiger partial charge >= 0.3 is 0 Å². The number of methoxy groups -OCH3 is 1. The van der Waals surface area contributed by atoms with Gasteiger partial charge in [0.25, 0.3) is 0 Å². The molecule has 0 spiro atoms. The largest absolute Gasteiger partial charge is 0.383 e. The van der Waals surface area contributed by atoms with Gasteiger partial charge in [0, 0.05) is 50.7 Å². The zero-order valence-electron chi connectivity index (χ0n) is 12.5. The van der Waals surface area contributed by atoms with Gasteiger partial charge < -0.3 is 15.0 Å². The number of rotatable bonds is 9. The maximum Gasteiger partial charge on any atom is 0.225 e. The van der Waals surface area contributed by atoms with E-state index in [1.165, 1.54) is 0 Å². The zero-order valence-corrected chi connectivity index (χ0v) is 12.5. The molecule has 0 amide bonds. The first kappa shape index (κ1) is 15.9. The molecule has 5 heteroatoms. The molecule has 108 valence electrons. The van der Waals surface area contributed by atoms with E-state index in [2.05, 4.69) is 41.0 Å². The van der Waals surface area contributed by atoms with Crippen molar-refractivity contribution in [3.63, 3.8) is 0 Å². The lowest BCUT2D eigenvalue weighted by Gasteiger charge is -2.27. The van der Waals surface area contributed by atoms with Gasteiger partial charge in [-0.3, -0.25) is 0 Å². The van der Waals surface area contributed by atoms with E-state index in [9.17, 15) is 0 Å². The van der Waals surface area contributed by atoms with Crippen LogP contribution in [0.15, 0.2) is 12.4 Å². The quantitative estimate of drug-likeness (QED) is 0.691. The third-order valence-electron chi connectivity index (χ3n) is 3.22. The van der Waals surface area contributed by atoms with Gasteiger partial charge in [-0.1, -0.05) is 6.92 Å². The number of hydrogen-bond acceptors (Lipinski definition) is 5. The molecule has 0 saturated carbocycles. The van der Waals surface area contributed by atoms with E-state index in [0.29, 0.717) is 6.04 Å². The maximum atomic E-state index is 4.98. The van der Waals surface area contributed by atoms with Gasteiger partial charge in [0.2, 0.25) is 5.95 Å². The van der Waals surface area contributed by atoms with E-state index in [4.69, 9.17) is 4.74 Å². The van der Waals surface area contributed by atoms with Gasteiger partial charge in [-0.25, -0.2) is 9.97 Å². The molecule has 0 aliphatic heterocycles. The summed E-state index contributed by atoms with van der Waals surface area (Å²) in [6.45, 7) is 9.78. The van der Waals surface area contributed by atoms with Crippen LogP contribution in [-0.4, -0.2) is 42.8 Å². The highest BCUT2D eigenvalue weighted by molar-refractivity contribution is 5.31. The lowest BCUT2D eigenvalue weighted by molar-refractivity contribution is 0.199. The Balaban J connectivity index is 2.54. The Morgan fingerprint density at radius 3 is 2.53 bits per heavy atom. The molecule has 1 rings (SSSR count). The molecule has 0 bridgehead atoms. The van der Waals surface area contributed by atoms with Crippen LogP contribution >= 0.6 is 0 Å². The Kier molecular flexibility index (Phi) is 7.36. The molecular formula is C14H26N4O. The van der Waals surface area contributed by atoms with Crippen molar-refractivity contribution in [1.82, 2.24) is 15.3 Å². The summed E-state index contributed by atoms with van der Waals surface area (Å²) in [5.74, 6) is 0.817. The normalized spacial score (nSPS) is 12.4. The van der Waals surface area contributed by atoms with E-state index in [1.807, 2.05) is 12.4 Å². The van der Waals surface area contributed by atoms with Crippen LogP contribution in [0.5, 0.6) is 0 Å². The summed E-state index contributed by atoms with van der Waals surface area (Å²) in [7, 11) is 1.70. The maximum absolute atomic E-state index is 4.98. The highest BCUT2D eigenvalue weighted by Crippen LogP contribution is 2.12. The number of hydrogen-bond donors (Lipinski definition) is 1. The molecule has 0 radical (unpaired) electrons. The first-order chi connectivity index (χ1) is 9.22. The van der Waals surface area contributed by atoms with Crippen LogP contribution in [0.4, 0.5) is 5.95 Å².